The van der Waals surface area contributed by atoms with Crippen molar-refractivity contribution in [3.8, 4) is 5.75 Å². The van der Waals surface area contributed by atoms with E-state index in [2.05, 4.69) is 5.32 Å². The number of β-amino-alcohol motifs (C(OH)–C–C–N with tert-alkyl or cyclic N) is 1. The number of rotatable bonds is 2. The summed E-state index contributed by atoms with van der Waals surface area (Å²) in [5, 5.41) is 22.7. The number of benzene rings is 1. The van der Waals surface area contributed by atoms with Crippen LogP contribution in [0.5, 0.6) is 5.75 Å². The lowest BCUT2D eigenvalue weighted by Gasteiger charge is -2.26. The highest BCUT2D eigenvalue weighted by Gasteiger charge is 2.32. The highest BCUT2D eigenvalue weighted by Crippen LogP contribution is 2.23. The molecule has 0 radical (unpaired) electrons. The normalized spacial score (nSPS) is 23.1. The van der Waals surface area contributed by atoms with Crippen molar-refractivity contribution in [2.24, 2.45) is 0 Å². The Morgan fingerprint density at radius 1 is 1.44 bits per heavy atom. The van der Waals surface area contributed by atoms with Crippen molar-refractivity contribution in [2.45, 2.75) is 19.1 Å². The molecule has 1 amide bonds. The van der Waals surface area contributed by atoms with Crippen LogP contribution >= 0.6 is 0 Å². The van der Waals surface area contributed by atoms with Crippen LogP contribution in [0.3, 0.4) is 0 Å². The molecule has 98 valence electrons. The van der Waals surface area contributed by atoms with Gasteiger partial charge < -0.3 is 20.4 Å². The van der Waals surface area contributed by atoms with Crippen molar-refractivity contribution in [3.63, 3.8) is 0 Å². The van der Waals surface area contributed by atoms with Crippen molar-refractivity contribution in [3.05, 3.63) is 29.3 Å². The van der Waals surface area contributed by atoms with Crippen molar-refractivity contribution < 1.29 is 15.0 Å². The lowest BCUT2D eigenvalue weighted by atomic mass is 10.1. The Morgan fingerprint density at radius 3 is 2.78 bits per heavy atom. The Hall–Kier alpha value is -1.59. The maximum Gasteiger partial charge on any atom is 0.257 e. The van der Waals surface area contributed by atoms with E-state index >= 15 is 0 Å². The van der Waals surface area contributed by atoms with E-state index < -0.39 is 6.10 Å². The molecule has 0 saturated carbocycles. The highest BCUT2D eigenvalue weighted by atomic mass is 16.3. The summed E-state index contributed by atoms with van der Waals surface area (Å²) in [5.41, 5.74) is 0.941. The molecule has 0 aromatic heterocycles. The smallest absolute Gasteiger partial charge is 0.257 e. The molecule has 3 N–H and O–H groups in total. The lowest BCUT2D eigenvalue weighted by molar-refractivity contribution is 0.0578. The van der Waals surface area contributed by atoms with Crippen molar-refractivity contribution in [2.75, 3.05) is 20.1 Å². The number of aliphatic hydroxyl groups excluding tert-OH is 1. The van der Waals surface area contributed by atoms with Crippen molar-refractivity contribution in [1.82, 2.24) is 10.2 Å². The number of amides is 1. The second-order valence-electron chi connectivity index (χ2n) is 4.68. The number of phenolic OH excluding ortho intramolecular Hbond substituents is 1. The zero-order chi connectivity index (χ0) is 13.3. The Bertz CT molecular complexity index is 462. The number of likely N-dealkylation sites (N-methyl/N-ethyl adjacent to an activating group) is 1. The predicted molar refractivity (Wildman–Crippen MR) is 67.6 cm³/mol. The molecular formula is C13H18N2O3. The summed E-state index contributed by atoms with van der Waals surface area (Å²) in [4.78, 5) is 13.8. The van der Waals surface area contributed by atoms with Gasteiger partial charge in [0.1, 0.15) is 5.75 Å². The van der Waals surface area contributed by atoms with Crippen LogP contribution in [-0.4, -0.2) is 53.3 Å². The summed E-state index contributed by atoms with van der Waals surface area (Å²) < 4.78 is 0. The molecule has 0 bridgehead atoms. The van der Waals surface area contributed by atoms with Gasteiger partial charge in [-0.25, -0.2) is 0 Å². The largest absolute Gasteiger partial charge is 0.507 e. The number of nitrogens with zero attached hydrogens (tertiary/aromatic N) is 1. The molecule has 0 unspecified atom stereocenters. The molecule has 1 saturated heterocycles. The number of para-hydroxylation sites is 1. The van der Waals surface area contributed by atoms with E-state index in [1.54, 1.807) is 32.2 Å². The number of hydrogen-bond donors (Lipinski definition) is 3. The molecule has 1 fully saturated rings. The van der Waals surface area contributed by atoms with Gasteiger partial charge in [-0.1, -0.05) is 12.1 Å². The summed E-state index contributed by atoms with van der Waals surface area (Å²) in [6.45, 7) is 2.80. The SMILES string of the molecule is Cc1cccc(C(=O)N(C)[C@@H]2CNC[C@H]2O)c1O. The Kier molecular flexibility index (Phi) is 3.54. The molecule has 0 spiro atoms. The Balaban J connectivity index is 2.23. The third-order valence-corrected chi connectivity index (χ3v) is 3.44. The quantitative estimate of drug-likeness (QED) is 0.696. The van der Waals surface area contributed by atoms with Crippen LogP contribution in [0.15, 0.2) is 18.2 Å². The van der Waals surface area contributed by atoms with Gasteiger partial charge in [0, 0.05) is 20.1 Å². The predicted octanol–water partition coefficient (Wildman–Crippen LogP) is 0.105. The third kappa shape index (κ3) is 2.19. The second-order valence-corrected chi connectivity index (χ2v) is 4.68. The van der Waals surface area contributed by atoms with Crippen LogP contribution in [0.25, 0.3) is 0 Å². The van der Waals surface area contributed by atoms with Crippen LogP contribution < -0.4 is 5.32 Å². The van der Waals surface area contributed by atoms with Crippen molar-refractivity contribution in [1.29, 1.82) is 0 Å². The van der Waals surface area contributed by atoms with Crippen molar-refractivity contribution >= 4 is 5.91 Å². The van der Waals surface area contributed by atoms with E-state index in [9.17, 15) is 15.0 Å². The molecule has 1 aliphatic heterocycles. The molecule has 5 heteroatoms. The standard InChI is InChI=1S/C13H18N2O3/c1-8-4-3-5-9(12(8)17)13(18)15(2)10-6-14-7-11(10)16/h3-5,10-11,14,16-17H,6-7H2,1-2H3/t10-,11-/m1/s1. The first-order valence-electron chi connectivity index (χ1n) is 5.97. The number of carbonyl (C=O) groups is 1. The number of aliphatic hydroxyl groups is 1. The Morgan fingerprint density at radius 2 is 2.17 bits per heavy atom. The van der Waals surface area contributed by atoms with E-state index in [1.807, 2.05) is 0 Å². The van der Waals surface area contributed by atoms with E-state index in [-0.39, 0.29) is 23.3 Å². The zero-order valence-corrected chi connectivity index (χ0v) is 10.6. The van der Waals surface area contributed by atoms with Gasteiger partial charge in [-0.05, 0) is 18.6 Å². The fourth-order valence-electron chi connectivity index (χ4n) is 2.22. The van der Waals surface area contributed by atoms with Gasteiger partial charge in [0.15, 0.2) is 0 Å². The minimum absolute atomic E-state index is 0.00907. The van der Waals surface area contributed by atoms with Gasteiger partial charge in [-0.15, -0.1) is 0 Å². The summed E-state index contributed by atoms with van der Waals surface area (Å²) in [6.07, 6.45) is -0.564. The number of aromatic hydroxyl groups is 1. The molecule has 2 atom stereocenters. The zero-order valence-electron chi connectivity index (χ0n) is 10.6. The van der Waals surface area contributed by atoms with Gasteiger partial charge in [-0.2, -0.15) is 0 Å². The molecule has 1 aromatic carbocycles. The topological polar surface area (TPSA) is 72.8 Å². The maximum atomic E-state index is 12.3. The molecule has 1 aromatic rings. The molecule has 0 aliphatic carbocycles. The fourth-order valence-corrected chi connectivity index (χ4v) is 2.22. The summed E-state index contributed by atoms with van der Waals surface area (Å²) in [5.74, 6) is -0.265. The van der Waals surface area contributed by atoms with E-state index in [1.165, 1.54) is 4.90 Å². The van der Waals surface area contributed by atoms with Crippen LogP contribution in [0, 0.1) is 6.92 Å². The monoisotopic (exact) mass is 250 g/mol. The molecule has 1 heterocycles. The summed E-state index contributed by atoms with van der Waals surface area (Å²) in [6, 6.07) is 4.82. The third-order valence-electron chi connectivity index (χ3n) is 3.44. The van der Waals surface area contributed by atoms with Gasteiger partial charge in [0.05, 0.1) is 17.7 Å². The van der Waals surface area contributed by atoms with Gasteiger partial charge in [0.25, 0.3) is 5.91 Å². The maximum absolute atomic E-state index is 12.3. The molecule has 18 heavy (non-hydrogen) atoms. The number of phenols is 1. The highest BCUT2D eigenvalue weighted by molar-refractivity contribution is 5.97. The minimum atomic E-state index is -0.564. The van der Waals surface area contributed by atoms with E-state index in [0.717, 1.165) is 0 Å². The lowest BCUT2D eigenvalue weighted by Crippen LogP contribution is -2.44. The number of carbonyl (C=O) groups excluding carboxylic acids is 1. The van der Waals surface area contributed by atoms with Crippen LogP contribution in [0.4, 0.5) is 0 Å². The Labute approximate surface area is 106 Å². The molecule has 2 rings (SSSR count). The number of aryl methyl sites for hydroxylation is 1. The molecule has 5 nitrogen and oxygen atoms in total. The summed E-state index contributed by atoms with van der Waals surface area (Å²) >= 11 is 0. The number of hydrogen-bond acceptors (Lipinski definition) is 4. The molecule has 1 aliphatic rings. The first-order valence-corrected chi connectivity index (χ1v) is 5.97. The first kappa shape index (κ1) is 12.9. The average molecular weight is 250 g/mol. The van der Waals surface area contributed by atoms with Crippen LogP contribution in [-0.2, 0) is 0 Å². The number of nitrogens with one attached hydrogen (secondary N) is 1. The first-order chi connectivity index (χ1) is 8.52. The van der Waals surface area contributed by atoms with Gasteiger partial charge >= 0.3 is 0 Å². The van der Waals surface area contributed by atoms with Gasteiger partial charge in [0.2, 0.25) is 0 Å². The molecular weight excluding hydrogens is 232 g/mol. The van der Waals surface area contributed by atoms with Crippen LogP contribution in [0.2, 0.25) is 0 Å². The van der Waals surface area contributed by atoms with E-state index in [4.69, 9.17) is 0 Å². The van der Waals surface area contributed by atoms with E-state index in [0.29, 0.717) is 18.7 Å². The van der Waals surface area contributed by atoms with Gasteiger partial charge in [-0.3, -0.25) is 4.79 Å². The average Bonchev–Trinajstić information content (AvgIpc) is 2.77. The van der Waals surface area contributed by atoms with Crippen LogP contribution in [0.1, 0.15) is 15.9 Å². The second kappa shape index (κ2) is 4.96. The summed E-state index contributed by atoms with van der Waals surface area (Å²) in [7, 11) is 1.64. The minimum Gasteiger partial charge on any atom is -0.507 e. The fraction of sp³-hybridized carbons (Fsp3) is 0.462.